The topological polar surface area (TPSA) is 230 Å². The second kappa shape index (κ2) is 38.2. The van der Waals surface area contributed by atoms with E-state index in [4.69, 9.17) is 28.4 Å². The van der Waals surface area contributed by atoms with Crippen molar-refractivity contribution in [2.75, 3.05) is 92.1 Å². The third-order valence-electron chi connectivity index (χ3n) is 8.03. The van der Waals surface area contributed by atoms with Gasteiger partial charge in [0.15, 0.2) is 0 Å². The number of hydrogen-bond acceptors (Lipinski definition) is 12. The summed E-state index contributed by atoms with van der Waals surface area (Å²) in [5.41, 5.74) is 0. The predicted octanol–water partition coefficient (Wildman–Crippen LogP) is 0.714. The third-order valence-corrected chi connectivity index (χ3v) is 8.03. The Bertz CT molecular complexity index is 1230. The van der Waals surface area contributed by atoms with Crippen LogP contribution >= 0.6 is 0 Å². The summed E-state index contributed by atoms with van der Waals surface area (Å²) in [6.45, 7) is 23.9. The van der Waals surface area contributed by atoms with E-state index in [9.17, 15) is 28.8 Å². The molecule has 18 nitrogen and oxygen atoms in total. The first-order valence-electron chi connectivity index (χ1n) is 20.1. The Hall–Kier alpha value is -4.98. The lowest BCUT2D eigenvalue weighted by atomic mass is 10.0. The van der Waals surface area contributed by atoms with Gasteiger partial charge in [0, 0.05) is 78.9 Å². The van der Waals surface area contributed by atoms with E-state index in [1.165, 1.54) is 36.5 Å². The van der Waals surface area contributed by atoms with Gasteiger partial charge in [-0.3, -0.25) is 28.8 Å². The second-order valence-corrected chi connectivity index (χ2v) is 12.7. The van der Waals surface area contributed by atoms with Gasteiger partial charge in [-0.05, 0) is 75.0 Å². The van der Waals surface area contributed by atoms with Crippen LogP contribution in [0.5, 0.6) is 0 Å². The highest BCUT2D eigenvalue weighted by molar-refractivity contribution is 5.88. The monoisotopic (exact) mass is 848 g/mol. The molecule has 0 fully saturated rings. The molecule has 0 aromatic rings. The van der Waals surface area contributed by atoms with E-state index in [0.29, 0.717) is 64.7 Å². The van der Waals surface area contributed by atoms with Crippen LogP contribution in [-0.2, 0) is 57.2 Å². The standard InChI is InChI=1S/C42H68N6O12/c1-7-35(49)43-19-13-25-55-31-33(57-27-15-21-45-37(51)9-3)41(59-29-17-23-47-39(53)11-5)42(60-30-18-24-48-40(54)12-6)34(58-28-16-22-46-38(52)10-4)32-56-26-14-20-44-36(50)8-2/h7-12,33-34,41-42H,1-6,13-32H2,(H,43,49)(H,44,50)(H,45,51)(H,46,52)(H,47,53)(H,48,54)/t33-,34+,41-,42-/m1/s1. The summed E-state index contributed by atoms with van der Waals surface area (Å²) in [6.07, 6.45) is 6.36. The normalized spacial score (nSPS) is 12.6. The van der Waals surface area contributed by atoms with Crippen molar-refractivity contribution in [3.8, 4) is 0 Å². The average molecular weight is 849 g/mol. The molecule has 0 saturated carbocycles. The van der Waals surface area contributed by atoms with Gasteiger partial charge in [-0.2, -0.15) is 0 Å². The number of nitrogens with one attached hydrogen (secondary N) is 6. The van der Waals surface area contributed by atoms with Crippen LogP contribution in [0.3, 0.4) is 0 Å². The lowest BCUT2D eigenvalue weighted by Crippen LogP contribution is -2.53. The van der Waals surface area contributed by atoms with Crippen molar-refractivity contribution in [2.24, 2.45) is 0 Å². The number of amides is 6. The maximum atomic E-state index is 11.8. The molecule has 0 rings (SSSR count). The number of hydrogen-bond donors (Lipinski definition) is 6. The Balaban J connectivity index is 6.71. The van der Waals surface area contributed by atoms with Crippen LogP contribution < -0.4 is 31.9 Å². The Kier molecular flexibility index (Phi) is 35.1. The molecule has 60 heavy (non-hydrogen) atoms. The Morgan fingerprint density at radius 3 is 0.800 bits per heavy atom. The molecule has 0 aromatic carbocycles. The molecule has 18 heteroatoms. The lowest BCUT2D eigenvalue weighted by molar-refractivity contribution is -0.197. The number of rotatable bonds is 41. The zero-order valence-electron chi connectivity index (χ0n) is 35.1. The van der Waals surface area contributed by atoms with Crippen molar-refractivity contribution in [1.82, 2.24) is 31.9 Å². The Morgan fingerprint density at radius 1 is 0.350 bits per heavy atom. The van der Waals surface area contributed by atoms with Crippen LogP contribution in [-0.4, -0.2) is 152 Å². The molecule has 6 N–H and O–H groups in total. The molecule has 6 amide bonds. The third kappa shape index (κ3) is 30.1. The zero-order valence-corrected chi connectivity index (χ0v) is 35.1. The zero-order chi connectivity index (χ0) is 44.6. The minimum Gasteiger partial charge on any atom is -0.379 e. The van der Waals surface area contributed by atoms with E-state index in [2.05, 4.69) is 71.4 Å². The maximum absolute atomic E-state index is 11.8. The first kappa shape index (κ1) is 55.0. The van der Waals surface area contributed by atoms with Crippen LogP contribution in [0.1, 0.15) is 38.5 Å². The van der Waals surface area contributed by atoms with E-state index < -0.39 is 24.4 Å². The van der Waals surface area contributed by atoms with Crippen molar-refractivity contribution in [3.05, 3.63) is 75.9 Å². The molecule has 0 radical (unpaired) electrons. The fourth-order valence-corrected chi connectivity index (χ4v) is 4.95. The molecule has 0 heterocycles. The van der Waals surface area contributed by atoms with Gasteiger partial charge >= 0.3 is 0 Å². The van der Waals surface area contributed by atoms with Crippen molar-refractivity contribution in [1.29, 1.82) is 0 Å². The number of carbonyl (C=O) groups excluding carboxylic acids is 6. The molecule has 0 aromatic heterocycles. The lowest BCUT2D eigenvalue weighted by Gasteiger charge is -2.37. The molecule has 0 spiro atoms. The van der Waals surface area contributed by atoms with Crippen LogP contribution in [0, 0.1) is 0 Å². The van der Waals surface area contributed by atoms with Gasteiger partial charge in [0.25, 0.3) is 0 Å². The van der Waals surface area contributed by atoms with Crippen LogP contribution in [0.2, 0.25) is 0 Å². The molecule has 338 valence electrons. The minimum atomic E-state index is -0.882. The number of ether oxygens (including phenoxy) is 6. The SMILES string of the molecule is C=CC(=O)NCCCOC[C@H](OCCCNC(=O)C=C)[C@@H](OCCCNC(=O)C=C)[C@H](OCCCNC(=O)C=C)[C@@H](COCCCNC(=O)C=C)OCCCNC(=O)C=C. The fourth-order valence-electron chi connectivity index (χ4n) is 4.95. The highest BCUT2D eigenvalue weighted by Crippen LogP contribution is 2.21. The predicted molar refractivity (Wildman–Crippen MR) is 228 cm³/mol. The summed E-state index contributed by atoms with van der Waals surface area (Å²) in [4.78, 5) is 70.5. The van der Waals surface area contributed by atoms with E-state index in [-0.39, 0.29) is 101 Å². The smallest absolute Gasteiger partial charge is 0.243 e. The van der Waals surface area contributed by atoms with E-state index in [0.717, 1.165) is 0 Å². The van der Waals surface area contributed by atoms with E-state index in [1.807, 2.05) is 0 Å². The van der Waals surface area contributed by atoms with Gasteiger partial charge in [-0.25, -0.2) is 0 Å². The minimum absolute atomic E-state index is 0.0195. The molecule has 0 unspecified atom stereocenters. The van der Waals surface area contributed by atoms with Crippen LogP contribution in [0.15, 0.2) is 75.9 Å². The molecule has 0 aliphatic carbocycles. The molecule has 0 aliphatic heterocycles. The van der Waals surface area contributed by atoms with E-state index >= 15 is 0 Å². The summed E-state index contributed by atoms with van der Waals surface area (Å²) in [7, 11) is 0. The number of carbonyl (C=O) groups is 6. The van der Waals surface area contributed by atoms with E-state index in [1.54, 1.807) is 0 Å². The summed E-state index contributed by atoms with van der Waals surface area (Å²) in [5, 5.41) is 16.3. The average Bonchev–Trinajstić information content (AvgIpc) is 3.26. The quantitative estimate of drug-likeness (QED) is 0.0370. The van der Waals surface area contributed by atoms with Crippen molar-refractivity contribution in [3.63, 3.8) is 0 Å². The summed E-state index contributed by atoms with van der Waals surface area (Å²) in [5.74, 6) is -1.93. The molecule has 0 saturated heterocycles. The highest BCUT2D eigenvalue weighted by Gasteiger charge is 2.38. The van der Waals surface area contributed by atoms with Gasteiger partial charge in [0.1, 0.15) is 24.4 Å². The summed E-state index contributed by atoms with van der Waals surface area (Å²) in [6, 6.07) is 0. The van der Waals surface area contributed by atoms with Gasteiger partial charge in [-0.15, -0.1) is 0 Å². The van der Waals surface area contributed by atoms with Crippen LogP contribution in [0.25, 0.3) is 0 Å². The summed E-state index contributed by atoms with van der Waals surface area (Å²) < 4.78 is 38.2. The molecular weight excluding hydrogens is 780 g/mol. The van der Waals surface area contributed by atoms with Crippen molar-refractivity contribution >= 4 is 35.4 Å². The molecular formula is C42H68N6O12. The van der Waals surface area contributed by atoms with Gasteiger partial charge in [0.2, 0.25) is 35.4 Å². The summed E-state index contributed by atoms with van der Waals surface area (Å²) >= 11 is 0. The first-order valence-corrected chi connectivity index (χ1v) is 20.1. The first-order chi connectivity index (χ1) is 29.1. The van der Waals surface area contributed by atoms with Crippen LogP contribution in [0.4, 0.5) is 0 Å². The largest absolute Gasteiger partial charge is 0.379 e. The van der Waals surface area contributed by atoms with Gasteiger partial charge < -0.3 is 60.3 Å². The second-order valence-electron chi connectivity index (χ2n) is 12.7. The maximum Gasteiger partial charge on any atom is 0.243 e. The van der Waals surface area contributed by atoms with Gasteiger partial charge in [0.05, 0.1) is 13.2 Å². The van der Waals surface area contributed by atoms with Crippen molar-refractivity contribution in [2.45, 2.75) is 62.9 Å². The Labute approximate surface area is 355 Å². The molecule has 0 bridgehead atoms. The highest BCUT2D eigenvalue weighted by atomic mass is 16.6. The molecule has 0 aliphatic rings. The Morgan fingerprint density at radius 2 is 0.567 bits per heavy atom. The van der Waals surface area contributed by atoms with Crippen molar-refractivity contribution < 1.29 is 57.2 Å². The fraction of sp³-hybridized carbons (Fsp3) is 0.571. The van der Waals surface area contributed by atoms with Gasteiger partial charge in [-0.1, -0.05) is 39.5 Å². The molecule has 4 atom stereocenters.